The molecule has 1 aromatic rings. The first-order valence-corrected chi connectivity index (χ1v) is 4.94. The van der Waals surface area contributed by atoms with Crippen LogP contribution in [-0.4, -0.2) is 22.9 Å². The van der Waals surface area contributed by atoms with Crippen molar-refractivity contribution in [2.45, 2.75) is 17.4 Å². The molecule has 12 heavy (non-hydrogen) atoms. The monoisotopic (exact) mass is 181 g/mol. The molecule has 0 N–H and O–H groups in total. The van der Waals surface area contributed by atoms with Crippen LogP contribution in [0.2, 0.25) is 0 Å². The SMILES string of the molecule is CC1(CSc2ccncc2)CO1. The Morgan fingerprint density at radius 3 is 2.83 bits per heavy atom. The van der Waals surface area contributed by atoms with E-state index >= 15 is 0 Å². The first kappa shape index (κ1) is 8.08. The number of ether oxygens (including phenoxy) is 1. The van der Waals surface area contributed by atoms with Gasteiger partial charge in [-0.3, -0.25) is 4.98 Å². The van der Waals surface area contributed by atoms with Crippen LogP contribution in [0.25, 0.3) is 0 Å². The summed E-state index contributed by atoms with van der Waals surface area (Å²) < 4.78 is 5.28. The molecule has 1 saturated heterocycles. The summed E-state index contributed by atoms with van der Waals surface area (Å²) in [5, 5.41) is 0. The van der Waals surface area contributed by atoms with Crippen LogP contribution in [-0.2, 0) is 4.74 Å². The summed E-state index contributed by atoms with van der Waals surface area (Å²) >= 11 is 1.82. The molecule has 1 fully saturated rings. The van der Waals surface area contributed by atoms with Crippen molar-refractivity contribution in [3.8, 4) is 0 Å². The second-order valence-corrected chi connectivity index (χ2v) is 4.26. The number of rotatable bonds is 3. The minimum atomic E-state index is 0.147. The molecule has 64 valence electrons. The van der Waals surface area contributed by atoms with Gasteiger partial charge in [0, 0.05) is 23.0 Å². The molecule has 2 rings (SSSR count). The summed E-state index contributed by atoms with van der Waals surface area (Å²) in [5.41, 5.74) is 0.147. The molecule has 1 aliphatic heterocycles. The molecule has 1 aromatic heterocycles. The highest BCUT2D eigenvalue weighted by molar-refractivity contribution is 7.99. The Morgan fingerprint density at radius 2 is 2.25 bits per heavy atom. The van der Waals surface area contributed by atoms with Crippen molar-refractivity contribution in [3.05, 3.63) is 24.5 Å². The normalized spacial score (nSPS) is 27.1. The van der Waals surface area contributed by atoms with Crippen LogP contribution in [0.4, 0.5) is 0 Å². The first-order valence-electron chi connectivity index (χ1n) is 3.95. The van der Waals surface area contributed by atoms with Gasteiger partial charge < -0.3 is 4.74 Å². The molecule has 0 saturated carbocycles. The third kappa shape index (κ3) is 1.99. The molecule has 2 nitrogen and oxygen atoms in total. The zero-order valence-electron chi connectivity index (χ0n) is 6.99. The Kier molecular flexibility index (Phi) is 2.07. The molecule has 0 aliphatic carbocycles. The molecule has 3 heteroatoms. The van der Waals surface area contributed by atoms with Crippen LogP contribution in [0.15, 0.2) is 29.4 Å². The summed E-state index contributed by atoms with van der Waals surface area (Å²) in [6, 6.07) is 4.05. The predicted molar refractivity (Wildman–Crippen MR) is 49.3 cm³/mol. The lowest BCUT2D eigenvalue weighted by Gasteiger charge is -2.03. The summed E-state index contributed by atoms with van der Waals surface area (Å²) in [5.74, 6) is 1.04. The summed E-state index contributed by atoms with van der Waals surface area (Å²) in [7, 11) is 0. The summed E-state index contributed by atoms with van der Waals surface area (Å²) in [4.78, 5) is 5.23. The maximum Gasteiger partial charge on any atom is 0.0981 e. The van der Waals surface area contributed by atoms with Gasteiger partial charge in [0.15, 0.2) is 0 Å². The van der Waals surface area contributed by atoms with Crippen molar-refractivity contribution in [1.82, 2.24) is 4.98 Å². The Labute approximate surface area is 76.3 Å². The second kappa shape index (κ2) is 3.07. The fourth-order valence-electron chi connectivity index (χ4n) is 0.877. The molecule has 2 heterocycles. The molecule has 0 spiro atoms. The molecule has 0 aromatic carbocycles. The molecule has 1 aliphatic rings. The van der Waals surface area contributed by atoms with Gasteiger partial charge in [-0.1, -0.05) is 0 Å². The van der Waals surface area contributed by atoms with Gasteiger partial charge in [-0.05, 0) is 19.1 Å². The smallest absolute Gasteiger partial charge is 0.0981 e. The first-order chi connectivity index (χ1) is 5.79. The van der Waals surface area contributed by atoms with Crippen molar-refractivity contribution in [2.24, 2.45) is 0 Å². The van der Waals surface area contributed by atoms with E-state index in [1.165, 1.54) is 4.90 Å². The van der Waals surface area contributed by atoms with Gasteiger partial charge >= 0.3 is 0 Å². The molecular weight excluding hydrogens is 170 g/mol. The van der Waals surface area contributed by atoms with E-state index in [9.17, 15) is 0 Å². The number of aromatic nitrogens is 1. The van der Waals surface area contributed by atoms with Gasteiger partial charge in [0.1, 0.15) is 0 Å². The molecular formula is C9H11NOS. The second-order valence-electron chi connectivity index (χ2n) is 3.21. The van der Waals surface area contributed by atoms with E-state index in [-0.39, 0.29) is 5.60 Å². The lowest BCUT2D eigenvalue weighted by atomic mass is 10.3. The van der Waals surface area contributed by atoms with Crippen molar-refractivity contribution >= 4 is 11.8 Å². The van der Waals surface area contributed by atoms with Gasteiger partial charge in [0.2, 0.25) is 0 Å². The number of hydrogen-bond acceptors (Lipinski definition) is 3. The lowest BCUT2D eigenvalue weighted by molar-refractivity contribution is 0.348. The minimum Gasteiger partial charge on any atom is -0.369 e. The Morgan fingerprint density at radius 1 is 1.58 bits per heavy atom. The van der Waals surface area contributed by atoms with Crippen molar-refractivity contribution in [2.75, 3.05) is 12.4 Å². The van der Waals surface area contributed by atoms with Crippen LogP contribution in [0.5, 0.6) is 0 Å². The highest BCUT2D eigenvalue weighted by atomic mass is 32.2. The third-order valence-electron chi connectivity index (χ3n) is 1.83. The van der Waals surface area contributed by atoms with Crippen LogP contribution in [0, 0.1) is 0 Å². The van der Waals surface area contributed by atoms with E-state index in [0.29, 0.717) is 0 Å². The molecule has 0 radical (unpaired) electrons. The maximum absolute atomic E-state index is 5.28. The van der Waals surface area contributed by atoms with Gasteiger partial charge in [0.25, 0.3) is 0 Å². The standard InChI is InChI=1S/C9H11NOS/c1-9(6-11-9)7-12-8-2-4-10-5-3-8/h2-5H,6-7H2,1H3. The average Bonchev–Trinajstić information content (AvgIpc) is 2.84. The van der Waals surface area contributed by atoms with Crippen molar-refractivity contribution in [1.29, 1.82) is 0 Å². The van der Waals surface area contributed by atoms with E-state index in [0.717, 1.165) is 12.4 Å². The predicted octanol–water partition coefficient (Wildman–Crippen LogP) is 1.96. The third-order valence-corrected chi connectivity index (χ3v) is 3.19. The van der Waals surface area contributed by atoms with E-state index in [4.69, 9.17) is 4.74 Å². The summed E-state index contributed by atoms with van der Waals surface area (Å²) in [6.07, 6.45) is 3.64. The largest absolute Gasteiger partial charge is 0.369 e. The highest BCUT2D eigenvalue weighted by Crippen LogP contribution is 2.32. The topological polar surface area (TPSA) is 25.4 Å². The van der Waals surface area contributed by atoms with Crippen LogP contribution in [0.1, 0.15) is 6.92 Å². The number of thioether (sulfide) groups is 1. The van der Waals surface area contributed by atoms with Crippen LogP contribution in [0.3, 0.4) is 0 Å². The highest BCUT2D eigenvalue weighted by Gasteiger charge is 2.38. The van der Waals surface area contributed by atoms with E-state index < -0.39 is 0 Å². The van der Waals surface area contributed by atoms with Crippen molar-refractivity contribution < 1.29 is 4.74 Å². The lowest BCUT2D eigenvalue weighted by Crippen LogP contribution is -2.07. The maximum atomic E-state index is 5.28. The van der Waals surface area contributed by atoms with Gasteiger partial charge in [-0.2, -0.15) is 0 Å². The fraction of sp³-hybridized carbons (Fsp3) is 0.444. The summed E-state index contributed by atoms with van der Waals surface area (Å²) in [6.45, 7) is 3.05. The molecule has 1 atom stereocenters. The minimum absolute atomic E-state index is 0.147. The van der Waals surface area contributed by atoms with Crippen molar-refractivity contribution in [3.63, 3.8) is 0 Å². The van der Waals surface area contributed by atoms with E-state index in [1.54, 1.807) is 0 Å². The van der Waals surface area contributed by atoms with E-state index in [2.05, 4.69) is 11.9 Å². The van der Waals surface area contributed by atoms with Gasteiger partial charge in [-0.15, -0.1) is 11.8 Å². The number of hydrogen-bond donors (Lipinski definition) is 0. The molecule has 0 bridgehead atoms. The Bertz CT molecular complexity index is 258. The number of nitrogens with zero attached hydrogens (tertiary/aromatic N) is 1. The van der Waals surface area contributed by atoms with E-state index in [1.807, 2.05) is 36.3 Å². The quantitative estimate of drug-likeness (QED) is 0.526. The Hall–Kier alpha value is -0.540. The Balaban J connectivity index is 1.88. The molecule has 0 amide bonds. The van der Waals surface area contributed by atoms with Crippen LogP contribution < -0.4 is 0 Å². The number of pyridine rings is 1. The van der Waals surface area contributed by atoms with Crippen LogP contribution >= 0.6 is 11.8 Å². The fourth-order valence-corrected chi connectivity index (χ4v) is 1.83. The zero-order chi connectivity index (χ0) is 8.44. The zero-order valence-corrected chi connectivity index (χ0v) is 7.80. The van der Waals surface area contributed by atoms with Gasteiger partial charge in [0.05, 0.1) is 12.2 Å². The average molecular weight is 181 g/mol. The molecule has 1 unspecified atom stereocenters. The number of epoxide rings is 1. The van der Waals surface area contributed by atoms with Gasteiger partial charge in [-0.25, -0.2) is 0 Å².